The number of amides is 2. The molecule has 1 N–H and O–H groups in total. The number of carbonyl (C=O) groups is 2. The van der Waals surface area contributed by atoms with E-state index in [4.69, 9.17) is 9.47 Å². The standard InChI is InChI=1S/C28H41N3O6S/c1-8-25(27(33)29-28(2,3)4)30(20-21-11-15-23(36-5)16-12-21)26(32)10-9-19-31(38(7,34)35)22-13-17-24(37-6)18-14-22/h11-18,25H,8-10,19-20H2,1-7H3,(H,29,33)/t25-/m0/s1. The van der Waals surface area contributed by atoms with Crippen LogP contribution in [0.1, 0.15) is 52.5 Å². The van der Waals surface area contributed by atoms with Gasteiger partial charge in [0.05, 0.1) is 26.2 Å². The first kappa shape index (κ1) is 31.0. The number of nitrogens with one attached hydrogen (secondary N) is 1. The predicted octanol–water partition coefficient (Wildman–Crippen LogP) is 3.97. The fourth-order valence-electron chi connectivity index (χ4n) is 4.05. The first-order chi connectivity index (χ1) is 17.8. The van der Waals surface area contributed by atoms with Crippen molar-refractivity contribution in [1.82, 2.24) is 10.2 Å². The zero-order chi connectivity index (χ0) is 28.5. The van der Waals surface area contributed by atoms with Crippen LogP contribution in [0.15, 0.2) is 48.5 Å². The molecule has 2 rings (SSSR count). The van der Waals surface area contributed by atoms with Crippen molar-refractivity contribution in [1.29, 1.82) is 0 Å². The van der Waals surface area contributed by atoms with Gasteiger partial charge in [0.25, 0.3) is 0 Å². The summed E-state index contributed by atoms with van der Waals surface area (Å²) in [5.74, 6) is 0.868. The summed E-state index contributed by atoms with van der Waals surface area (Å²) >= 11 is 0. The van der Waals surface area contributed by atoms with E-state index in [2.05, 4.69) is 5.32 Å². The first-order valence-corrected chi connectivity index (χ1v) is 14.5. The molecule has 210 valence electrons. The Bertz CT molecular complexity index is 1160. The van der Waals surface area contributed by atoms with E-state index in [-0.39, 0.29) is 37.7 Å². The maximum Gasteiger partial charge on any atom is 0.243 e. The van der Waals surface area contributed by atoms with Gasteiger partial charge in [-0.2, -0.15) is 0 Å². The van der Waals surface area contributed by atoms with E-state index >= 15 is 0 Å². The molecule has 0 saturated heterocycles. The normalized spacial score (nSPS) is 12.4. The molecule has 0 aliphatic carbocycles. The summed E-state index contributed by atoms with van der Waals surface area (Å²) in [6.07, 6.45) is 1.94. The fourth-order valence-corrected chi connectivity index (χ4v) is 5.02. The van der Waals surface area contributed by atoms with Gasteiger partial charge in [-0.3, -0.25) is 13.9 Å². The molecule has 0 aliphatic rings. The second kappa shape index (κ2) is 13.5. The molecule has 0 aromatic heterocycles. The van der Waals surface area contributed by atoms with Crippen LogP contribution >= 0.6 is 0 Å². The Morgan fingerprint density at radius 3 is 1.92 bits per heavy atom. The van der Waals surface area contributed by atoms with Gasteiger partial charge < -0.3 is 19.7 Å². The number of ether oxygens (including phenoxy) is 2. The van der Waals surface area contributed by atoms with Crippen molar-refractivity contribution < 1.29 is 27.5 Å². The smallest absolute Gasteiger partial charge is 0.243 e. The van der Waals surface area contributed by atoms with E-state index in [0.29, 0.717) is 23.6 Å². The Hall–Kier alpha value is -3.27. The van der Waals surface area contributed by atoms with Crippen molar-refractivity contribution >= 4 is 27.5 Å². The lowest BCUT2D eigenvalue weighted by atomic mass is 10.0. The second-order valence-electron chi connectivity index (χ2n) is 10.2. The Labute approximate surface area is 227 Å². The van der Waals surface area contributed by atoms with Crippen LogP contribution in [-0.4, -0.2) is 63.7 Å². The highest BCUT2D eigenvalue weighted by Crippen LogP contribution is 2.23. The quantitative estimate of drug-likeness (QED) is 0.407. The summed E-state index contributed by atoms with van der Waals surface area (Å²) < 4.78 is 36.7. The highest BCUT2D eigenvalue weighted by molar-refractivity contribution is 7.92. The van der Waals surface area contributed by atoms with Crippen LogP contribution in [0.2, 0.25) is 0 Å². The first-order valence-electron chi connectivity index (χ1n) is 12.6. The highest BCUT2D eigenvalue weighted by atomic mass is 32.2. The molecule has 0 fully saturated rings. The van der Waals surface area contributed by atoms with Crippen LogP contribution in [-0.2, 0) is 26.2 Å². The topological polar surface area (TPSA) is 105 Å². The molecule has 0 radical (unpaired) electrons. The molecule has 10 heteroatoms. The molecule has 0 aliphatic heterocycles. The van der Waals surface area contributed by atoms with Crippen LogP contribution in [0.4, 0.5) is 5.69 Å². The number of sulfonamides is 1. The fraction of sp³-hybridized carbons (Fsp3) is 0.500. The molecule has 0 bridgehead atoms. The summed E-state index contributed by atoms with van der Waals surface area (Å²) in [5, 5.41) is 2.98. The number of methoxy groups -OCH3 is 2. The van der Waals surface area contributed by atoms with Crippen LogP contribution in [0.25, 0.3) is 0 Å². The van der Waals surface area contributed by atoms with Crippen LogP contribution < -0.4 is 19.1 Å². The lowest BCUT2D eigenvalue weighted by Crippen LogP contribution is -2.53. The van der Waals surface area contributed by atoms with E-state index in [9.17, 15) is 18.0 Å². The van der Waals surface area contributed by atoms with Gasteiger partial charge in [-0.1, -0.05) is 19.1 Å². The SMILES string of the molecule is CC[C@@H](C(=O)NC(C)(C)C)N(Cc1ccc(OC)cc1)C(=O)CCCN(c1ccc(OC)cc1)S(C)(=O)=O. The van der Waals surface area contributed by atoms with Gasteiger partial charge in [0.1, 0.15) is 17.5 Å². The molecule has 9 nitrogen and oxygen atoms in total. The Morgan fingerprint density at radius 2 is 1.47 bits per heavy atom. The summed E-state index contributed by atoms with van der Waals surface area (Å²) in [7, 11) is -0.451. The number of anilines is 1. The number of rotatable bonds is 13. The van der Waals surface area contributed by atoms with Crippen LogP contribution in [0.3, 0.4) is 0 Å². The molecule has 0 saturated carbocycles. The molecule has 2 aromatic rings. The lowest BCUT2D eigenvalue weighted by molar-refractivity contribution is -0.142. The van der Waals surface area contributed by atoms with Gasteiger partial charge in [-0.15, -0.1) is 0 Å². The van der Waals surface area contributed by atoms with E-state index in [1.54, 1.807) is 36.3 Å². The average molecular weight is 548 g/mol. The molecule has 0 heterocycles. The molecule has 2 aromatic carbocycles. The second-order valence-corrected chi connectivity index (χ2v) is 12.1. The summed E-state index contributed by atoms with van der Waals surface area (Å²) in [5.41, 5.74) is 0.900. The zero-order valence-electron chi connectivity index (χ0n) is 23.5. The van der Waals surface area contributed by atoms with Gasteiger partial charge in [0, 0.05) is 25.0 Å². The Morgan fingerprint density at radius 1 is 0.947 bits per heavy atom. The predicted molar refractivity (Wildman–Crippen MR) is 150 cm³/mol. The van der Waals surface area contributed by atoms with Crippen molar-refractivity contribution in [2.24, 2.45) is 0 Å². The summed E-state index contributed by atoms with van der Waals surface area (Å²) in [4.78, 5) is 28.3. The molecule has 2 amide bonds. The lowest BCUT2D eigenvalue weighted by Gasteiger charge is -2.33. The number of benzene rings is 2. The minimum Gasteiger partial charge on any atom is -0.497 e. The van der Waals surface area contributed by atoms with Crippen molar-refractivity contribution in [2.45, 2.75) is 65.1 Å². The minimum atomic E-state index is -3.57. The summed E-state index contributed by atoms with van der Waals surface area (Å²) in [6, 6.07) is 13.4. The molecule has 38 heavy (non-hydrogen) atoms. The van der Waals surface area contributed by atoms with Crippen molar-refractivity contribution in [3.05, 3.63) is 54.1 Å². The molecule has 0 unspecified atom stereocenters. The minimum absolute atomic E-state index is 0.0810. The van der Waals surface area contributed by atoms with Crippen molar-refractivity contribution in [3.8, 4) is 11.5 Å². The highest BCUT2D eigenvalue weighted by Gasteiger charge is 2.30. The number of hydrogen-bond donors (Lipinski definition) is 1. The van der Waals surface area contributed by atoms with Gasteiger partial charge in [-0.05, 0) is 75.6 Å². The molecule has 1 atom stereocenters. The number of hydrogen-bond acceptors (Lipinski definition) is 6. The zero-order valence-corrected chi connectivity index (χ0v) is 24.3. The van der Waals surface area contributed by atoms with Gasteiger partial charge >= 0.3 is 0 Å². The van der Waals surface area contributed by atoms with E-state index < -0.39 is 21.6 Å². The molecular formula is C28H41N3O6S. The van der Waals surface area contributed by atoms with Gasteiger partial charge in [-0.25, -0.2) is 8.42 Å². The Kier molecular flexibility index (Phi) is 11.0. The maximum atomic E-state index is 13.5. The number of nitrogens with zero attached hydrogens (tertiary/aromatic N) is 2. The monoisotopic (exact) mass is 547 g/mol. The van der Waals surface area contributed by atoms with E-state index in [1.165, 1.54) is 11.4 Å². The Balaban J connectivity index is 2.23. The van der Waals surface area contributed by atoms with Crippen molar-refractivity contribution in [3.63, 3.8) is 0 Å². The van der Waals surface area contributed by atoms with Crippen LogP contribution in [0, 0.1) is 0 Å². The van der Waals surface area contributed by atoms with Gasteiger partial charge in [0.15, 0.2) is 0 Å². The maximum absolute atomic E-state index is 13.5. The van der Waals surface area contributed by atoms with E-state index in [1.807, 2.05) is 52.0 Å². The van der Waals surface area contributed by atoms with Gasteiger partial charge in [0.2, 0.25) is 21.8 Å². The van der Waals surface area contributed by atoms with Crippen molar-refractivity contribution in [2.75, 3.05) is 31.3 Å². The third-order valence-electron chi connectivity index (χ3n) is 5.91. The molecular weight excluding hydrogens is 506 g/mol. The van der Waals surface area contributed by atoms with Crippen LogP contribution in [0.5, 0.6) is 11.5 Å². The van der Waals surface area contributed by atoms with E-state index in [0.717, 1.165) is 11.8 Å². The largest absolute Gasteiger partial charge is 0.497 e. The third kappa shape index (κ3) is 9.24. The number of carbonyl (C=O) groups excluding carboxylic acids is 2. The third-order valence-corrected chi connectivity index (χ3v) is 7.10. The average Bonchev–Trinajstić information content (AvgIpc) is 2.85. The molecule has 0 spiro atoms. The summed E-state index contributed by atoms with van der Waals surface area (Å²) in [6.45, 7) is 7.92.